The van der Waals surface area contributed by atoms with Crippen LogP contribution in [0.5, 0.6) is 5.75 Å². The Balaban J connectivity index is 2.37. The molecule has 0 saturated heterocycles. The van der Waals surface area contributed by atoms with Crippen molar-refractivity contribution in [3.05, 3.63) is 29.8 Å². The van der Waals surface area contributed by atoms with Crippen LogP contribution in [0.4, 0.5) is 0 Å². The van der Waals surface area contributed by atoms with E-state index in [1.807, 2.05) is 31.2 Å². The van der Waals surface area contributed by atoms with Gasteiger partial charge in [-0.2, -0.15) is 0 Å². The van der Waals surface area contributed by atoms with Crippen LogP contribution in [-0.2, 0) is 9.53 Å². The van der Waals surface area contributed by atoms with Crippen molar-refractivity contribution in [2.24, 2.45) is 0 Å². The monoisotopic (exact) mass is 265 g/mol. The Morgan fingerprint density at radius 1 is 1.42 bits per heavy atom. The highest BCUT2D eigenvalue weighted by atomic mass is 16.5. The summed E-state index contributed by atoms with van der Waals surface area (Å²) in [5.41, 5.74) is 1.08. The van der Waals surface area contributed by atoms with Crippen LogP contribution < -0.4 is 10.1 Å². The SMILES string of the molecule is CCCCOC(=O)CN[C@H](C)c1cccc(OC)c1. The highest BCUT2D eigenvalue weighted by molar-refractivity contribution is 5.71. The van der Waals surface area contributed by atoms with Gasteiger partial charge in [0.25, 0.3) is 0 Å². The van der Waals surface area contributed by atoms with Crippen molar-refractivity contribution in [1.82, 2.24) is 5.32 Å². The molecule has 106 valence electrons. The number of unbranched alkanes of at least 4 members (excludes halogenated alkanes) is 1. The van der Waals surface area contributed by atoms with Gasteiger partial charge in [0.05, 0.1) is 20.3 Å². The van der Waals surface area contributed by atoms with Gasteiger partial charge in [0.15, 0.2) is 0 Å². The van der Waals surface area contributed by atoms with Crippen LogP contribution in [0.2, 0.25) is 0 Å². The second-order valence-electron chi connectivity index (χ2n) is 4.45. The highest BCUT2D eigenvalue weighted by Gasteiger charge is 2.09. The van der Waals surface area contributed by atoms with Crippen LogP contribution in [0.1, 0.15) is 38.3 Å². The Bertz CT molecular complexity index is 393. The number of rotatable bonds is 8. The average Bonchev–Trinajstić information content (AvgIpc) is 2.45. The summed E-state index contributed by atoms with van der Waals surface area (Å²) < 4.78 is 10.3. The summed E-state index contributed by atoms with van der Waals surface area (Å²) in [6.07, 6.45) is 1.94. The quantitative estimate of drug-likeness (QED) is 0.580. The van der Waals surface area contributed by atoms with Gasteiger partial charge >= 0.3 is 5.97 Å². The fourth-order valence-corrected chi connectivity index (χ4v) is 1.65. The summed E-state index contributed by atoms with van der Waals surface area (Å²) in [4.78, 5) is 11.5. The molecule has 1 atom stereocenters. The third kappa shape index (κ3) is 5.75. The van der Waals surface area contributed by atoms with Crippen molar-refractivity contribution >= 4 is 5.97 Å². The maximum atomic E-state index is 11.5. The molecule has 1 aromatic carbocycles. The number of nitrogens with one attached hydrogen (secondary N) is 1. The van der Waals surface area contributed by atoms with E-state index in [4.69, 9.17) is 9.47 Å². The van der Waals surface area contributed by atoms with Crippen molar-refractivity contribution in [3.63, 3.8) is 0 Å². The first-order chi connectivity index (χ1) is 9.17. The van der Waals surface area contributed by atoms with E-state index >= 15 is 0 Å². The van der Waals surface area contributed by atoms with E-state index in [-0.39, 0.29) is 18.6 Å². The minimum atomic E-state index is -0.205. The van der Waals surface area contributed by atoms with Crippen molar-refractivity contribution < 1.29 is 14.3 Å². The molecule has 0 amide bonds. The lowest BCUT2D eigenvalue weighted by molar-refractivity contribution is -0.142. The van der Waals surface area contributed by atoms with Crippen LogP contribution in [0.15, 0.2) is 24.3 Å². The predicted molar refractivity (Wildman–Crippen MR) is 75.3 cm³/mol. The molecule has 0 aliphatic heterocycles. The number of hydrogen-bond donors (Lipinski definition) is 1. The standard InChI is InChI=1S/C15H23NO3/c1-4-5-9-19-15(17)11-16-12(2)13-7-6-8-14(10-13)18-3/h6-8,10,12,16H,4-5,9,11H2,1-3H3/t12-/m1/s1. The number of benzene rings is 1. The molecule has 1 N–H and O–H groups in total. The van der Waals surface area contributed by atoms with Gasteiger partial charge in [0.2, 0.25) is 0 Å². The molecule has 0 bridgehead atoms. The second-order valence-corrected chi connectivity index (χ2v) is 4.45. The first kappa shape index (κ1) is 15.5. The number of carbonyl (C=O) groups is 1. The summed E-state index contributed by atoms with van der Waals surface area (Å²) >= 11 is 0. The van der Waals surface area contributed by atoms with Gasteiger partial charge < -0.3 is 14.8 Å². The third-order valence-corrected chi connectivity index (χ3v) is 2.91. The highest BCUT2D eigenvalue weighted by Crippen LogP contribution is 2.18. The lowest BCUT2D eigenvalue weighted by Gasteiger charge is -2.14. The smallest absolute Gasteiger partial charge is 0.319 e. The maximum Gasteiger partial charge on any atom is 0.319 e. The van der Waals surface area contributed by atoms with E-state index in [9.17, 15) is 4.79 Å². The predicted octanol–water partition coefficient (Wildman–Crippen LogP) is 2.69. The van der Waals surface area contributed by atoms with Crippen LogP contribution >= 0.6 is 0 Å². The van der Waals surface area contributed by atoms with Gasteiger partial charge in [-0.25, -0.2) is 0 Å². The topological polar surface area (TPSA) is 47.6 Å². The van der Waals surface area contributed by atoms with Crippen molar-refractivity contribution in [2.75, 3.05) is 20.3 Å². The molecular weight excluding hydrogens is 242 g/mol. The van der Waals surface area contributed by atoms with Gasteiger partial charge in [0, 0.05) is 6.04 Å². The Morgan fingerprint density at radius 3 is 2.89 bits per heavy atom. The summed E-state index contributed by atoms with van der Waals surface area (Å²) in [5, 5.41) is 3.15. The molecule has 0 heterocycles. The lowest BCUT2D eigenvalue weighted by Crippen LogP contribution is -2.27. The molecule has 4 heteroatoms. The molecule has 1 aromatic rings. The molecule has 4 nitrogen and oxygen atoms in total. The van der Waals surface area contributed by atoms with Crippen molar-refractivity contribution in [2.45, 2.75) is 32.7 Å². The van der Waals surface area contributed by atoms with E-state index in [0.29, 0.717) is 6.61 Å². The third-order valence-electron chi connectivity index (χ3n) is 2.91. The molecule has 0 aliphatic rings. The zero-order chi connectivity index (χ0) is 14.1. The molecule has 0 radical (unpaired) electrons. The zero-order valence-corrected chi connectivity index (χ0v) is 11.9. The average molecular weight is 265 g/mol. The Labute approximate surface area is 115 Å². The molecule has 0 aromatic heterocycles. The molecule has 19 heavy (non-hydrogen) atoms. The van der Waals surface area contributed by atoms with Gasteiger partial charge in [-0.1, -0.05) is 25.5 Å². The van der Waals surface area contributed by atoms with E-state index in [1.165, 1.54) is 0 Å². The second kappa shape index (κ2) is 8.53. The molecule has 0 aliphatic carbocycles. The lowest BCUT2D eigenvalue weighted by atomic mass is 10.1. The van der Waals surface area contributed by atoms with Crippen LogP contribution in [0, 0.1) is 0 Å². The number of esters is 1. The molecule has 0 fully saturated rings. The van der Waals surface area contributed by atoms with Crippen molar-refractivity contribution in [1.29, 1.82) is 0 Å². The van der Waals surface area contributed by atoms with Gasteiger partial charge in [-0.15, -0.1) is 0 Å². The minimum Gasteiger partial charge on any atom is -0.497 e. The normalized spacial score (nSPS) is 11.9. The zero-order valence-electron chi connectivity index (χ0n) is 11.9. The largest absolute Gasteiger partial charge is 0.497 e. The summed E-state index contributed by atoms with van der Waals surface area (Å²) in [6.45, 7) is 4.80. The fourth-order valence-electron chi connectivity index (χ4n) is 1.65. The summed E-state index contributed by atoms with van der Waals surface area (Å²) in [6, 6.07) is 7.87. The van der Waals surface area contributed by atoms with Crippen LogP contribution in [-0.4, -0.2) is 26.2 Å². The maximum absolute atomic E-state index is 11.5. The number of methoxy groups -OCH3 is 1. The Morgan fingerprint density at radius 2 is 2.21 bits per heavy atom. The first-order valence-corrected chi connectivity index (χ1v) is 6.70. The van der Waals surface area contributed by atoms with Crippen molar-refractivity contribution in [3.8, 4) is 5.75 Å². The van der Waals surface area contributed by atoms with Gasteiger partial charge in [0.1, 0.15) is 5.75 Å². The molecule has 0 unspecified atom stereocenters. The molecular formula is C15H23NO3. The first-order valence-electron chi connectivity index (χ1n) is 6.70. The number of carbonyl (C=O) groups excluding carboxylic acids is 1. The van der Waals surface area contributed by atoms with E-state index in [2.05, 4.69) is 12.2 Å². The van der Waals surface area contributed by atoms with E-state index in [1.54, 1.807) is 7.11 Å². The van der Waals surface area contributed by atoms with Gasteiger partial charge in [-0.05, 0) is 31.0 Å². The van der Waals surface area contributed by atoms with E-state index < -0.39 is 0 Å². The summed E-state index contributed by atoms with van der Waals surface area (Å²) in [5.74, 6) is 0.611. The molecule has 0 saturated carbocycles. The number of hydrogen-bond acceptors (Lipinski definition) is 4. The Hall–Kier alpha value is -1.55. The summed E-state index contributed by atoms with van der Waals surface area (Å²) in [7, 11) is 1.64. The van der Waals surface area contributed by atoms with Crippen LogP contribution in [0.25, 0.3) is 0 Å². The minimum absolute atomic E-state index is 0.0776. The molecule has 0 spiro atoms. The van der Waals surface area contributed by atoms with Crippen LogP contribution in [0.3, 0.4) is 0 Å². The molecule has 1 rings (SSSR count). The Kier molecular flexibility index (Phi) is 6.97. The van der Waals surface area contributed by atoms with E-state index in [0.717, 1.165) is 24.2 Å². The van der Waals surface area contributed by atoms with Gasteiger partial charge in [-0.3, -0.25) is 4.79 Å². The fraction of sp³-hybridized carbons (Fsp3) is 0.533. The number of ether oxygens (including phenoxy) is 2.